The smallest absolute Gasteiger partial charge is 0.00374 e. The van der Waals surface area contributed by atoms with Crippen LogP contribution >= 0.6 is 0 Å². The minimum Gasteiger partial charge on any atom is -0.330 e. The number of nitrogens with two attached hydrogens (primary N) is 1. The van der Waals surface area contributed by atoms with Gasteiger partial charge >= 0.3 is 0 Å². The second-order valence-electron chi connectivity index (χ2n) is 4.14. The van der Waals surface area contributed by atoms with E-state index in [1.807, 2.05) is 6.08 Å². The second kappa shape index (κ2) is 3.15. The summed E-state index contributed by atoms with van der Waals surface area (Å²) in [5, 5.41) is 0. The van der Waals surface area contributed by atoms with Crippen LogP contribution in [-0.4, -0.2) is 6.54 Å². The first-order valence-electron chi connectivity index (χ1n) is 5.00. The van der Waals surface area contributed by atoms with E-state index in [0.717, 1.165) is 12.5 Å². The lowest BCUT2D eigenvalue weighted by Gasteiger charge is -2.47. The zero-order valence-electron chi connectivity index (χ0n) is 8.11. The molecule has 0 spiro atoms. The maximum Gasteiger partial charge on any atom is -0.00374 e. The van der Waals surface area contributed by atoms with Crippen molar-refractivity contribution >= 4 is 0 Å². The molecule has 0 heterocycles. The Hall–Kier alpha value is -0.820. The van der Waals surface area contributed by atoms with Crippen LogP contribution in [0.25, 0.3) is 0 Å². The van der Waals surface area contributed by atoms with E-state index in [0.29, 0.717) is 17.8 Å². The van der Waals surface area contributed by atoms with E-state index in [2.05, 4.69) is 31.7 Å². The van der Waals surface area contributed by atoms with Gasteiger partial charge in [-0.2, -0.15) is 0 Å². The molecule has 70 valence electrons. The van der Waals surface area contributed by atoms with E-state index in [1.165, 1.54) is 5.57 Å². The summed E-state index contributed by atoms with van der Waals surface area (Å²) >= 11 is 0. The van der Waals surface area contributed by atoms with Gasteiger partial charge in [0.25, 0.3) is 0 Å². The van der Waals surface area contributed by atoms with Crippen molar-refractivity contribution in [1.82, 2.24) is 0 Å². The van der Waals surface area contributed by atoms with Crippen molar-refractivity contribution in [2.24, 2.45) is 29.4 Å². The number of hydrogen-bond acceptors (Lipinski definition) is 1. The van der Waals surface area contributed by atoms with Crippen molar-refractivity contribution in [3.63, 3.8) is 0 Å². The third-order valence-electron chi connectivity index (χ3n) is 3.61. The van der Waals surface area contributed by atoms with Gasteiger partial charge in [-0.15, -0.1) is 0 Å². The number of fused-ring (bicyclic) bond motifs is 1. The van der Waals surface area contributed by atoms with Crippen molar-refractivity contribution in [3.8, 4) is 0 Å². The molecule has 2 N–H and O–H groups in total. The summed E-state index contributed by atoms with van der Waals surface area (Å²) < 4.78 is 0. The Labute approximate surface area is 80.0 Å². The van der Waals surface area contributed by atoms with Gasteiger partial charge in [0.2, 0.25) is 0 Å². The van der Waals surface area contributed by atoms with Gasteiger partial charge in [-0.1, -0.05) is 37.8 Å². The molecule has 13 heavy (non-hydrogen) atoms. The lowest BCUT2D eigenvalue weighted by atomic mass is 9.58. The van der Waals surface area contributed by atoms with Crippen molar-refractivity contribution in [2.75, 3.05) is 6.54 Å². The molecule has 0 aromatic carbocycles. The normalized spacial score (nSPS) is 41.8. The zero-order valence-corrected chi connectivity index (χ0v) is 8.11. The van der Waals surface area contributed by atoms with E-state index >= 15 is 0 Å². The van der Waals surface area contributed by atoms with Crippen LogP contribution in [0, 0.1) is 23.7 Å². The van der Waals surface area contributed by atoms with Crippen LogP contribution in [0.2, 0.25) is 0 Å². The Morgan fingerprint density at radius 2 is 2.31 bits per heavy atom. The Balaban J connectivity index is 2.27. The maximum absolute atomic E-state index is 5.75. The average molecular weight is 175 g/mol. The third kappa shape index (κ3) is 1.19. The zero-order chi connectivity index (χ0) is 9.42. The van der Waals surface area contributed by atoms with Crippen LogP contribution in [0.15, 0.2) is 36.5 Å². The molecule has 3 rings (SSSR count). The molecule has 0 aliphatic heterocycles. The summed E-state index contributed by atoms with van der Waals surface area (Å²) in [5.74, 6) is 2.81. The topological polar surface area (TPSA) is 26.0 Å². The molecule has 1 saturated carbocycles. The summed E-state index contributed by atoms with van der Waals surface area (Å²) in [6, 6.07) is 0. The molecule has 1 heteroatoms. The average Bonchev–Trinajstić information content (AvgIpc) is 2.44. The van der Waals surface area contributed by atoms with Crippen LogP contribution in [0.1, 0.15) is 6.92 Å². The van der Waals surface area contributed by atoms with Gasteiger partial charge in [0.15, 0.2) is 0 Å². The van der Waals surface area contributed by atoms with Crippen LogP contribution in [-0.2, 0) is 0 Å². The number of rotatable bonds is 2. The molecular weight excluding hydrogens is 158 g/mol. The Kier molecular flexibility index (Phi) is 2.12. The van der Waals surface area contributed by atoms with Gasteiger partial charge in [-0.25, -0.2) is 0 Å². The summed E-state index contributed by atoms with van der Waals surface area (Å²) in [5.41, 5.74) is 7.01. The number of hydrogen-bond donors (Lipinski definition) is 1. The molecule has 2 bridgehead atoms. The fourth-order valence-electron chi connectivity index (χ4n) is 2.69. The first-order valence-corrected chi connectivity index (χ1v) is 5.00. The Bertz CT molecular complexity index is 275. The van der Waals surface area contributed by atoms with Crippen LogP contribution in [0.5, 0.6) is 0 Å². The summed E-state index contributed by atoms with van der Waals surface area (Å²) in [6.07, 6.45) is 8.75. The molecule has 0 aromatic rings. The molecule has 0 saturated heterocycles. The lowest BCUT2D eigenvalue weighted by molar-refractivity contribution is 0.0684. The molecule has 3 aliphatic rings. The predicted molar refractivity (Wildman–Crippen MR) is 56.1 cm³/mol. The Morgan fingerprint density at radius 3 is 2.92 bits per heavy atom. The highest BCUT2D eigenvalue weighted by atomic mass is 14.6. The maximum atomic E-state index is 5.75. The highest BCUT2D eigenvalue weighted by Crippen LogP contribution is 2.49. The van der Waals surface area contributed by atoms with Gasteiger partial charge in [-0.3, -0.25) is 0 Å². The number of allylic oxidation sites excluding steroid dienone is 5. The summed E-state index contributed by atoms with van der Waals surface area (Å²) in [6.45, 7) is 6.93. The van der Waals surface area contributed by atoms with Gasteiger partial charge in [0.1, 0.15) is 0 Å². The van der Waals surface area contributed by atoms with E-state index in [4.69, 9.17) is 5.73 Å². The molecule has 3 aliphatic carbocycles. The lowest BCUT2D eigenvalue weighted by Crippen LogP contribution is -2.46. The summed E-state index contributed by atoms with van der Waals surface area (Å²) in [4.78, 5) is 0. The SMILES string of the molecule is C=CC1=CC2C(C)C(C=C1)C2CN. The molecule has 4 unspecified atom stereocenters. The van der Waals surface area contributed by atoms with Crippen LogP contribution < -0.4 is 5.73 Å². The predicted octanol–water partition coefficient (Wildman–Crippen LogP) is 2.13. The molecule has 1 fully saturated rings. The second-order valence-corrected chi connectivity index (χ2v) is 4.14. The molecule has 4 atom stereocenters. The fourth-order valence-corrected chi connectivity index (χ4v) is 2.69. The molecule has 0 aromatic heterocycles. The van der Waals surface area contributed by atoms with Crippen LogP contribution in [0.4, 0.5) is 0 Å². The standard InChI is InChI=1S/C12H17N/c1-3-9-4-5-10-8(2)11(6-9)12(10)7-13/h3-6,8,10-12H,1,7,13H2,2H3. The van der Waals surface area contributed by atoms with Crippen LogP contribution in [0.3, 0.4) is 0 Å². The Morgan fingerprint density at radius 1 is 1.54 bits per heavy atom. The van der Waals surface area contributed by atoms with E-state index in [1.54, 1.807) is 0 Å². The minimum absolute atomic E-state index is 0.670. The minimum atomic E-state index is 0.670. The summed E-state index contributed by atoms with van der Waals surface area (Å²) in [7, 11) is 0. The monoisotopic (exact) mass is 175 g/mol. The van der Waals surface area contributed by atoms with Gasteiger partial charge < -0.3 is 5.73 Å². The molecule has 1 nitrogen and oxygen atoms in total. The van der Waals surface area contributed by atoms with Crippen molar-refractivity contribution < 1.29 is 0 Å². The van der Waals surface area contributed by atoms with Gasteiger partial charge in [-0.05, 0) is 35.8 Å². The van der Waals surface area contributed by atoms with E-state index in [9.17, 15) is 0 Å². The highest BCUT2D eigenvalue weighted by molar-refractivity contribution is 5.35. The first-order chi connectivity index (χ1) is 6.27. The van der Waals surface area contributed by atoms with E-state index < -0.39 is 0 Å². The fraction of sp³-hybridized carbons (Fsp3) is 0.500. The van der Waals surface area contributed by atoms with Crippen molar-refractivity contribution in [2.45, 2.75) is 6.92 Å². The van der Waals surface area contributed by atoms with Gasteiger partial charge in [0, 0.05) is 0 Å². The van der Waals surface area contributed by atoms with E-state index in [-0.39, 0.29) is 0 Å². The highest BCUT2D eigenvalue weighted by Gasteiger charge is 2.44. The third-order valence-corrected chi connectivity index (χ3v) is 3.61. The largest absolute Gasteiger partial charge is 0.330 e. The molecular formula is C12H17N. The first kappa shape index (κ1) is 8.76. The molecule has 0 radical (unpaired) electrons. The molecule has 0 amide bonds. The van der Waals surface area contributed by atoms with Crippen molar-refractivity contribution in [1.29, 1.82) is 0 Å². The van der Waals surface area contributed by atoms with Gasteiger partial charge in [0.05, 0.1) is 0 Å². The van der Waals surface area contributed by atoms with Crippen molar-refractivity contribution in [3.05, 3.63) is 36.5 Å². The quantitative estimate of drug-likeness (QED) is 0.683.